The number of aryl methyl sites for hydroxylation is 1. The van der Waals surface area contributed by atoms with E-state index in [1.165, 1.54) is 31.2 Å². The van der Waals surface area contributed by atoms with Gasteiger partial charge in [-0.1, -0.05) is 19.8 Å². The third-order valence-electron chi connectivity index (χ3n) is 4.91. The predicted molar refractivity (Wildman–Crippen MR) is 84.0 cm³/mol. The van der Waals surface area contributed by atoms with Crippen LogP contribution in [0, 0.1) is 0 Å². The van der Waals surface area contributed by atoms with E-state index in [2.05, 4.69) is 49.5 Å². The van der Waals surface area contributed by atoms with Gasteiger partial charge in [-0.15, -0.1) is 0 Å². The van der Waals surface area contributed by atoms with Crippen molar-refractivity contribution in [2.45, 2.75) is 64.1 Å². The Balaban J connectivity index is 2.16. The van der Waals surface area contributed by atoms with E-state index in [4.69, 9.17) is 0 Å². The highest BCUT2D eigenvalue weighted by Gasteiger charge is 2.42. The third kappa shape index (κ3) is 3.07. The van der Waals surface area contributed by atoms with Gasteiger partial charge in [-0.2, -0.15) is 5.10 Å². The number of aromatic nitrogens is 2. The average molecular weight is 278 g/mol. The number of hydrogen-bond donors (Lipinski definition) is 1. The zero-order valence-corrected chi connectivity index (χ0v) is 13.5. The van der Waals surface area contributed by atoms with Crippen molar-refractivity contribution >= 4 is 0 Å². The highest BCUT2D eigenvalue weighted by molar-refractivity contribution is 5.12. The van der Waals surface area contributed by atoms with Gasteiger partial charge in [0.1, 0.15) is 0 Å². The number of hydrogen-bond acceptors (Lipinski definition) is 3. The van der Waals surface area contributed by atoms with E-state index < -0.39 is 0 Å². The molecule has 0 bridgehead atoms. The predicted octanol–water partition coefficient (Wildman–Crippen LogP) is 2.30. The van der Waals surface area contributed by atoms with Gasteiger partial charge in [0.25, 0.3) is 0 Å². The van der Waals surface area contributed by atoms with Crippen LogP contribution in [-0.4, -0.2) is 46.9 Å². The van der Waals surface area contributed by atoms with Crippen molar-refractivity contribution < 1.29 is 0 Å². The van der Waals surface area contributed by atoms with Crippen molar-refractivity contribution in [3.63, 3.8) is 0 Å². The van der Waals surface area contributed by atoms with Crippen molar-refractivity contribution in [3.05, 3.63) is 18.0 Å². The lowest BCUT2D eigenvalue weighted by Crippen LogP contribution is -2.58. The van der Waals surface area contributed by atoms with E-state index in [-0.39, 0.29) is 0 Å². The van der Waals surface area contributed by atoms with Gasteiger partial charge in [0.05, 0.1) is 6.20 Å². The highest BCUT2D eigenvalue weighted by atomic mass is 15.3. The molecule has 0 aliphatic heterocycles. The summed E-state index contributed by atoms with van der Waals surface area (Å²) in [4.78, 5) is 2.46. The Morgan fingerprint density at radius 3 is 2.55 bits per heavy atom. The molecule has 1 aromatic heterocycles. The normalized spacial score (nSPS) is 19.6. The monoisotopic (exact) mass is 278 g/mol. The first-order valence-corrected chi connectivity index (χ1v) is 8.04. The summed E-state index contributed by atoms with van der Waals surface area (Å²) in [5.41, 5.74) is 1.66. The fraction of sp³-hybridized carbons (Fsp3) is 0.812. The van der Waals surface area contributed by atoms with E-state index in [0.29, 0.717) is 11.6 Å². The van der Waals surface area contributed by atoms with E-state index in [0.717, 1.165) is 19.5 Å². The maximum absolute atomic E-state index is 4.42. The number of nitrogens with zero attached hydrogens (tertiary/aromatic N) is 3. The third-order valence-corrected chi connectivity index (χ3v) is 4.91. The standard InChI is InChI=1S/C16H30N4/c1-5-17-15(11-14-12-18-20(6-2)13-14)16(19(3)4)9-7-8-10-16/h12-13,15,17H,5-11H2,1-4H3. The zero-order chi connectivity index (χ0) is 14.6. The molecule has 1 saturated carbocycles. The van der Waals surface area contributed by atoms with Crippen LogP contribution in [0.5, 0.6) is 0 Å². The minimum atomic E-state index is 0.310. The molecule has 20 heavy (non-hydrogen) atoms. The zero-order valence-electron chi connectivity index (χ0n) is 13.5. The van der Waals surface area contributed by atoms with Crippen LogP contribution in [-0.2, 0) is 13.0 Å². The molecule has 0 amide bonds. The summed E-state index contributed by atoms with van der Waals surface area (Å²) in [6.45, 7) is 6.32. The first-order valence-electron chi connectivity index (χ1n) is 8.04. The van der Waals surface area contributed by atoms with Gasteiger partial charge in [-0.3, -0.25) is 4.68 Å². The Labute approximate surface area is 123 Å². The van der Waals surface area contributed by atoms with Crippen molar-refractivity contribution in [2.24, 2.45) is 0 Å². The summed E-state index contributed by atoms with van der Waals surface area (Å²) in [5.74, 6) is 0. The molecule has 1 aliphatic rings. The van der Waals surface area contributed by atoms with Crippen LogP contribution in [0.25, 0.3) is 0 Å². The Hall–Kier alpha value is -0.870. The Kier molecular flexibility index (Phi) is 5.22. The first kappa shape index (κ1) is 15.5. The van der Waals surface area contributed by atoms with Gasteiger partial charge in [-0.05, 0) is 52.4 Å². The molecule has 1 N–H and O–H groups in total. The van der Waals surface area contributed by atoms with E-state index >= 15 is 0 Å². The molecule has 1 aliphatic carbocycles. The van der Waals surface area contributed by atoms with Gasteiger partial charge in [0.15, 0.2) is 0 Å². The van der Waals surface area contributed by atoms with Gasteiger partial charge in [-0.25, -0.2) is 0 Å². The lowest BCUT2D eigenvalue weighted by Gasteiger charge is -2.43. The molecule has 2 rings (SSSR count). The lowest BCUT2D eigenvalue weighted by molar-refractivity contribution is 0.105. The van der Waals surface area contributed by atoms with Crippen LogP contribution in [0.15, 0.2) is 12.4 Å². The van der Waals surface area contributed by atoms with E-state index in [1.807, 2.05) is 10.9 Å². The van der Waals surface area contributed by atoms with Gasteiger partial charge in [0, 0.05) is 24.3 Å². The van der Waals surface area contributed by atoms with Crippen molar-refractivity contribution in [3.8, 4) is 0 Å². The largest absolute Gasteiger partial charge is 0.312 e. The Morgan fingerprint density at radius 1 is 1.35 bits per heavy atom. The summed E-state index contributed by atoms with van der Waals surface area (Å²) in [5, 5.41) is 8.16. The molecule has 1 heterocycles. The molecular weight excluding hydrogens is 248 g/mol. The molecule has 1 unspecified atom stereocenters. The van der Waals surface area contributed by atoms with Crippen LogP contribution < -0.4 is 5.32 Å². The Morgan fingerprint density at radius 2 is 2.05 bits per heavy atom. The maximum atomic E-state index is 4.42. The fourth-order valence-corrected chi connectivity index (χ4v) is 3.71. The van der Waals surface area contributed by atoms with Crippen molar-refractivity contribution in [1.29, 1.82) is 0 Å². The SMILES string of the molecule is CCNC(Cc1cnn(CC)c1)C1(N(C)C)CCCC1. The van der Waals surface area contributed by atoms with Gasteiger partial charge in [0.2, 0.25) is 0 Å². The summed E-state index contributed by atoms with van der Waals surface area (Å²) >= 11 is 0. The van der Waals surface area contributed by atoms with Crippen LogP contribution in [0.3, 0.4) is 0 Å². The van der Waals surface area contributed by atoms with E-state index in [1.54, 1.807) is 0 Å². The number of rotatable bonds is 7. The first-order chi connectivity index (χ1) is 9.62. The molecule has 114 valence electrons. The maximum Gasteiger partial charge on any atom is 0.0522 e. The molecular formula is C16H30N4. The summed E-state index contributed by atoms with van der Waals surface area (Å²) < 4.78 is 2.02. The van der Waals surface area contributed by atoms with Crippen LogP contribution >= 0.6 is 0 Å². The van der Waals surface area contributed by atoms with Gasteiger partial charge >= 0.3 is 0 Å². The average Bonchev–Trinajstić information content (AvgIpc) is 3.07. The molecule has 1 atom stereocenters. The molecule has 4 heteroatoms. The molecule has 0 spiro atoms. The minimum Gasteiger partial charge on any atom is -0.312 e. The topological polar surface area (TPSA) is 33.1 Å². The van der Waals surface area contributed by atoms with Crippen LogP contribution in [0.1, 0.15) is 45.1 Å². The van der Waals surface area contributed by atoms with Crippen LogP contribution in [0.2, 0.25) is 0 Å². The second kappa shape index (κ2) is 6.72. The molecule has 1 fully saturated rings. The van der Waals surface area contributed by atoms with Gasteiger partial charge < -0.3 is 10.2 Å². The highest BCUT2D eigenvalue weighted by Crippen LogP contribution is 2.37. The number of likely N-dealkylation sites (N-methyl/N-ethyl adjacent to an activating group) is 2. The smallest absolute Gasteiger partial charge is 0.0522 e. The summed E-state index contributed by atoms with van der Waals surface area (Å²) in [6, 6.07) is 0.513. The molecule has 4 nitrogen and oxygen atoms in total. The summed E-state index contributed by atoms with van der Waals surface area (Å²) in [7, 11) is 4.48. The fourth-order valence-electron chi connectivity index (χ4n) is 3.71. The van der Waals surface area contributed by atoms with E-state index in [9.17, 15) is 0 Å². The molecule has 0 radical (unpaired) electrons. The molecule has 1 aromatic rings. The Bertz CT molecular complexity index is 404. The van der Waals surface area contributed by atoms with Crippen molar-refractivity contribution in [1.82, 2.24) is 20.0 Å². The quantitative estimate of drug-likeness (QED) is 0.831. The van der Waals surface area contributed by atoms with Crippen molar-refractivity contribution in [2.75, 3.05) is 20.6 Å². The second-order valence-corrected chi connectivity index (χ2v) is 6.22. The minimum absolute atomic E-state index is 0.310. The number of nitrogens with one attached hydrogen (secondary N) is 1. The lowest BCUT2D eigenvalue weighted by atomic mass is 9.83. The second-order valence-electron chi connectivity index (χ2n) is 6.22. The summed E-state index contributed by atoms with van der Waals surface area (Å²) in [6.07, 6.45) is 10.6. The molecule has 0 saturated heterocycles. The molecule has 0 aromatic carbocycles. The van der Waals surface area contributed by atoms with Crippen LogP contribution in [0.4, 0.5) is 0 Å².